The SMILES string of the molecule is CCSCC(C)Nc1nc(CC)cs1. The molecule has 80 valence electrons. The van der Waals surface area contributed by atoms with Gasteiger partial charge in [0, 0.05) is 17.2 Å². The van der Waals surface area contributed by atoms with Gasteiger partial charge in [0.25, 0.3) is 0 Å². The zero-order valence-corrected chi connectivity index (χ0v) is 10.7. The monoisotopic (exact) mass is 230 g/mol. The van der Waals surface area contributed by atoms with Crippen LogP contribution in [0, 0.1) is 0 Å². The lowest BCUT2D eigenvalue weighted by molar-refractivity contribution is 0.905. The Hall–Kier alpha value is -0.220. The van der Waals surface area contributed by atoms with Crippen LogP contribution in [0.15, 0.2) is 5.38 Å². The van der Waals surface area contributed by atoms with E-state index in [0.29, 0.717) is 6.04 Å². The van der Waals surface area contributed by atoms with Crippen LogP contribution < -0.4 is 5.32 Å². The number of hydrogen-bond donors (Lipinski definition) is 1. The second-order valence-electron chi connectivity index (χ2n) is 3.20. The molecule has 0 saturated carbocycles. The van der Waals surface area contributed by atoms with Gasteiger partial charge in [0.2, 0.25) is 0 Å². The Bertz CT molecular complexity index is 260. The van der Waals surface area contributed by atoms with Gasteiger partial charge >= 0.3 is 0 Å². The van der Waals surface area contributed by atoms with E-state index in [1.54, 1.807) is 11.3 Å². The van der Waals surface area contributed by atoms with Crippen LogP contribution in [0.2, 0.25) is 0 Å². The highest BCUT2D eigenvalue weighted by Gasteiger charge is 2.04. The average Bonchev–Trinajstić information content (AvgIpc) is 2.62. The molecule has 1 N–H and O–H groups in total. The van der Waals surface area contributed by atoms with E-state index < -0.39 is 0 Å². The molecule has 2 nitrogen and oxygen atoms in total. The molecule has 0 aliphatic rings. The van der Waals surface area contributed by atoms with Crippen molar-refractivity contribution in [2.75, 3.05) is 16.8 Å². The van der Waals surface area contributed by atoms with E-state index in [4.69, 9.17) is 0 Å². The molecule has 1 unspecified atom stereocenters. The Morgan fingerprint density at radius 1 is 1.57 bits per heavy atom. The van der Waals surface area contributed by atoms with Crippen LogP contribution in [0.25, 0.3) is 0 Å². The highest BCUT2D eigenvalue weighted by molar-refractivity contribution is 7.99. The molecule has 0 spiro atoms. The maximum absolute atomic E-state index is 4.47. The highest BCUT2D eigenvalue weighted by Crippen LogP contribution is 2.17. The molecule has 0 amide bonds. The van der Waals surface area contributed by atoms with Crippen LogP contribution in [-0.4, -0.2) is 22.5 Å². The van der Waals surface area contributed by atoms with Crippen LogP contribution in [-0.2, 0) is 6.42 Å². The summed E-state index contributed by atoms with van der Waals surface area (Å²) in [5, 5.41) is 6.61. The summed E-state index contributed by atoms with van der Waals surface area (Å²) in [6, 6.07) is 0.510. The Labute approximate surface area is 94.5 Å². The normalized spacial score (nSPS) is 12.8. The van der Waals surface area contributed by atoms with E-state index in [1.807, 2.05) is 11.8 Å². The van der Waals surface area contributed by atoms with Gasteiger partial charge in [0.1, 0.15) is 0 Å². The molecule has 1 aromatic heterocycles. The predicted octanol–water partition coefficient (Wildman–Crippen LogP) is 3.26. The summed E-state index contributed by atoms with van der Waals surface area (Å²) >= 11 is 3.67. The van der Waals surface area contributed by atoms with Gasteiger partial charge < -0.3 is 5.32 Å². The van der Waals surface area contributed by atoms with E-state index in [2.05, 4.69) is 36.5 Å². The van der Waals surface area contributed by atoms with E-state index in [-0.39, 0.29) is 0 Å². The van der Waals surface area contributed by atoms with E-state index in [0.717, 1.165) is 17.3 Å². The van der Waals surface area contributed by atoms with Crippen molar-refractivity contribution in [3.05, 3.63) is 11.1 Å². The Morgan fingerprint density at radius 3 is 2.93 bits per heavy atom. The average molecular weight is 230 g/mol. The van der Waals surface area contributed by atoms with Crippen LogP contribution in [0.5, 0.6) is 0 Å². The fourth-order valence-corrected chi connectivity index (χ4v) is 2.66. The molecule has 1 atom stereocenters. The Balaban J connectivity index is 2.35. The smallest absolute Gasteiger partial charge is 0.183 e. The Morgan fingerprint density at radius 2 is 2.36 bits per heavy atom. The van der Waals surface area contributed by atoms with Crippen LogP contribution in [0.4, 0.5) is 5.13 Å². The van der Waals surface area contributed by atoms with E-state index in [9.17, 15) is 0 Å². The molecule has 0 radical (unpaired) electrons. The minimum absolute atomic E-state index is 0.510. The number of thioether (sulfide) groups is 1. The third kappa shape index (κ3) is 3.88. The van der Waals surface area contributed by atoms with Gasteiger partial charge in [-0.05, 0) is 19.1 Å². The van der Waals surface area contributed by atoms with Crippen molar-refractivity contribution < 1.29 is 0 Å². The molecule has 1 aromatic rings. The fraction of sp³-hybridized carbons (Fsp3) is 0.700. The summed E-state index contributed by atoms with van der Waals surface area (Å²) in [7, 11) is 0. The van der Waals surface area contributed by atoms with Crippen molar-refractivity contribution >= 4 is 28.2 Å². The van der Waals surface area contributed by atoms with Gasteiger partial charge in [-0.1, -0.05) is 13.8 Å². The summed E-state index contributed by atoms with van der Waals surface area (Å²) < 4.78 is 0. The molecule has 0 aliphatic carbocycles. The molecular weight excluding hydrogens is 212 g/mol. The third-order valence-corrected chi connectivity index (χ3v) is 3.82. The zero-order chi connectivity index (χ0) is 10.4. The third-order valence-electron chi connectivity index (χ3n) is 1.86. The minimum atomic E-state index is 0.510. The van der Waals surface area contributed by atoms with Crippen molar-refractivity contribution in [2.24, 2.45) is 0 Å². The second-order valence-corrected chi connectivity index (χ2v) is 5.38. The maximum atomic E-state index is 4.47. The lowest BCUT2D eigenvalue weighted by Gasteiger charge is -2.11. The summed E-state index contributed by atoms with van der Waals surface area (Å²) in [6.45, 7) is 6.53. The first-order valence-electron chi connectivity index (χ1n) is 5.05. The van der Waals surface area contributed by atoms with E-state index in [1.165, 1.54) is 11.4 Å². The van der Waals surface area contributed by atoms with Gasteiger partial charge in [-0.25, -0.2) is 4.98 Å². The van der Waals surface area contributed by atoms with Crippen molar-refractivity contribution in [3.63, 3.8) is 0 Å². The van der Waals surface area contributed by atoms with Crippen molar-refractivity contribution in [1.82, 2.24) is 4.98 Å². The quantitative estimate of drug-likeness (QED) is 0.812. The first-order valence-corrected chi connectivity index (χ1v) is 7.08. The number of nitrogens with one attached hydrogen (secondary N) is 1. The summed E-state index contributed by atoms with van der Waals surface area (Å²) in [6.07, 6.45) is 1.02. The lowest BCUT2D eigenvalue weighted by Crippen LogP contribution is -2.17. The van der Waals surface area contributed by atoms with Gasteiger partial charge in [-0.3, -0.25) is 0 Å². The van der Waals surface area contributed by atoms with Gasteiger partial charge in [-0.2, -0.15) is 11.8 Å². The highest BCUT2D eigenvalue weighted by atomic mass is 32.2. The van der Waals surface area contributed by atoms with Crippen LogP contribution in [0.3, 0.4) is 0 Å². The van der Waals surface area contributed by atoms with Crippen molar-refractivity contribution in [1.29, 1.82) is 0 Å². The largest absolute Gasteiger partial charge is 0.358 e. The Kier molecular flexibility index (Phi) is 5.33. The molecule has 1 rings (SSSR count). The van der Waals surface area contributed by atoms with Crippen LogP contribution in [0.1, 0.15) is 26.5 Å². The molecule has 0 fully saturated rings. The summed E-state index contributed by atoms with van der Waals surface area (Å²) in [5.41, 5.74) is 1.19. The van der Waals surface area contributed by atoms with Gasteiger partial charge in [0.15, 0.2) is 5.13 Å². The zero-order valence-electron chi connectivity index (χ0n) is 9.04. The number of rotatable bonds is 6. The molecule has 0 saturated heterocycles. The molecular formula is C10H18N2S2. The first kappa shape index (κ1) is 11.9. The maximum Gasteiger partial charge on any atom is 0.183 e. The number of anilines is 1. The second kappa shape index (κ2) is 6.30. The fourth-order valence-electron chi connectivity index (χ4n) is 1.08. The molecule has 0 aliphatic heterocycles. The first-order chi connectivity index (χ1) is 6.76. The molecule has 14 heavy (non-hydrogen) atoms. The van der Waals surface area contributed by atoms with E-state index >= 15 is 0 Å². The minimum Gasteiger partial charge on any atom is -0.358 e. The topological polar surface area (TPSA) is 24.9 Å². The number of aryl methyl sites for hydroxylation is 1. The van der Waals surface area contributed by atoms with Crippen molar-refractivity contribution in [2.45, 2.75) is 33.2 Å². The van der Waals surface area contributed by atoms with Crippen LogP contribution >= 0.6 is 23.1 Å². The van der Waals surface area contributed by atoms with Crippen molar-refractivity contribution in [3.8, 4) is 0 Å². The summed E-state index contributed by atoms with van der Waals surface area (Å²) in [5.74, 6) is 2.33. The van der Waals surface area contributed by atoms with Gasteiger partial charge in [-0.15, -0.1) is 11.3 Å². The number of nitrogens with zero attached hydrogens (tertiary/aromatic N) is 1. The molecule has 4 heteroatoms. The van der Waals surface area contributed by atoms with Gasteiger partial charge in [0.05, 0.1) is 5.69 Å². The standard InChI is InChI=1S/C10H18N2S2/c1-4-9-7-14-10(12-9)11-8(3)6-13-5-2/h7-8H,4-6H2,1-3H3,(H,11,12). The molecule has 0 bridgehead atoms. The number of hydrogen-bond acceptors (Lipinski definition) is 4. The lowest BCUT2D eigenvalue weighted by atomic mass is 10.4. The molecule has 0 aromatic carbocycles. The number of aromatic nitrogens is 1. The number of thiazole rings is 1. The summed E-state index contributed by atoms with van der Waals surface area (Å²) in [4.78, 5) is 4.47. The molecule has 1 heterocycles. The predicted molar refractivity (Wildman–Crippen MR) is 67.6 cm³/mol.